The van der Waals surface area contributed by atoms with Gasteiger partial charge in [-0.2, -0.15) is 0 Å². The van der Waals surface area contributed by atoms with Crippen molar-refractivity contribution in [3.8, 4) is 32.0 Å². The number of unbranched alkanes of at least 4 members (excludes halogenated alkanes) is 1. The van der Waals surface area contributed by atoms with E-state index in [9.17, 15) is 0 Å². The molecule has 0 aliphatic rings. The molecule has 12 aromatic rings. The number of rotatable bonds is 21. The van der Waals surface area contributed by atoms with Crippen LogP contribution in [-0.2, 0) is 0 Å². The molecular formula is C86H78N3PS. The molecule has 1 unspecified atom stereocenters. The zero-order valence-electron chi connectivity index (χ0n) is 52.2. The zero-order chi connectivity index (χ0) is 62.7. The number of anilines is 9. The van der Waals surface area contributed by atoms with Crippen molar-refractivity contribution < 1.29 is 0 Å². The van der Waals surface area contributed by atoms with Crippen LogP contribution in [0.2, 0.25) is 0 Å². The quantitative estimate of drug-likeness (QED) is 0.0524. The van der Waals surface area contributed by atoms with E-state index in [2.05, 4.69) is 377 Å². The fourth-order valence-electron chi connectivity index (χ4n) is 10.7. The second-order valence-electron chi connectivity index (χ2n) is 21.4. The summed E-state index contributed by atoms with van der Waals surface area (Å²) >= 11 is 1.83. The summed E-state index contributed by atoms with van der Waals surface area (Å²) in [6, 6.07) is 112. The Kier molecular flexibility index (Phi) is 23.7. The van der Waals surface area contributed by atoms with E-state index in [1.807, 2.05) is 49.2 Å². The van der Waals surface area contributed by atoms with E-state index < -0.39 is 0 Å². The highest BCUT2D eigenvalue weighted by atomic mass is 32.1. The second kappa shape index (κ2) is 33.8. The summed E-state index contributed by atoms with van der Waals surface area (Å²) in [7, 11) is 2.58. The molecule has 0 amide bonds. The van der Waals surface area contributed by atoms with Gasteiger partial charge in [0.05, 0.1) is 0 Å². The monoisotopic (exact) mass is 1220 g/mol. The van der Waals surface area contributed by atoms with Gasteiger partial charge in [0.25, 0.3) is 0 Å². The minimum Gasteiger partial charge on any atom is -0.311 e. The molecule has 0 spiro atoms. The highest BCUT2D eigenvalue weighted by Crippen LogP contribution is 2.42. The molecule has 0 fully saturated rings. The molecule has 11 aromatic carbocycles. The standard InChI is InChI=1S/C56H51N2P.C28H21NS.C2H6/c1-2-3-22-47(23-17-21-45-18-10-6-11-19-45)49-32-36-53(37-33-49)57(51-24-12-7-13-25-51)55-40-42-56(43-41-55)58(52-26-14-8-15-27-52)54-38-34-50(35-39-54)48-30-28-46(29-31-48)20-9-4-5-16-44-59;1-4-10-22(11-5-1)27-20-21-28(30-27)23-16-18-26(19-17-23)29(24-12-6-2-7-13-24)25-14-8-3-9-15-25;1-2/h4-21,23-44H,2-3,22,59H2,1H3;1-21H;1-2H3/b5-4-,20-9-,21-17+,44-16+,47-23+;;. The first-order valence-electron chi connectivity index (χ1n) is 31.5. The minimum atomic E-state index is 1.04. The van der Waals surface area contributed by atoms with Gasteiger partial charge in [0, 0.05) is 60.9 Å². The number of para-hydroxylation sites is 4. The molecule has 1 heterocycles. The summed E-state index contributed by atoms with van der Waals surface area (Å²) < 4.78 is 0. The van der Waals surface area contributed by atoms with Crippen molar-refractivity contribution >= 4 is 89.5 Å². The lowest BCUT2D eigenvalue weighted by Gasteiger charge is -2.28. The van der Waals surface area contributed by atoms with E-state index in [1.54, 1.807) is 0 Å². The molecule has 1 aromatic heterocycles. The molecule has 1 atom stereocenters. The van der Waals surface area contributed by atoms with Crippen LogP contribution in [0.3, 0.4) is 0 Å². The summed E-state index contributed by atoms with van der Waals surface area (Å²) in [5.41, 5.74) is 19.9. The Balaban J connectivity index is 0.000000236. The lowest BCUT2D eigenvalue weighted by Crippen LogP contribution is -2.12. The molecule has 0 aliphatic carbocycles. The van der Waals surface area contributed by atoms with E-state index in [0.29, 0.717) is 0 Å². The fourth-order valence-corrected chi connectivity index (χ4v) is 11.9. The van der Waals surface area contributed by atoms with E-state index >= 15 is 0 Å². The van der Waals surface area contributed by atoms with Gasteiger partial charge in [-0.15, -0.1) is 20.6 Å². The molecule has 3 nitrogen and oxygen atoms in total. The van der Waals surface area contributed by atoms with E-state index in [1.165, 1.54) is 54.3 Å². The van der Waals surface area contributed by atoms with Crippen LogP contribution in [0.1, 0.15) is 56.7 Å². The SMILES string of the molecule is CC.CCCC/C(=C\C=C\c1ccccc1)c1ccc(N(c2ccccc2)c2ccc(N(c3ccccc3)c3ccc(-c4ccc(\C=C/C=C\C=C\P)cc4)cc3)cc2)cc1.c1ccc(-c2ccc(-c3ccc(N(c4ccccc4)c4ccccc4)cc3)s2)cc1. The first kappa shape index (κ1) is 63.7. The fraction of sp³-hybridized carbons (Fsp3) is 0.0698. The Morgan fingerprint density at radius 3 is 1.05 bits per heavy atom. The predicted octanol–water partition coefficient (Wildman–Crippen LogP) is 26.1. The summed E-state index contributed by atoms with van der Waals surface area (Å²) in [4.78, 5) is 9.52. The Hall–Kier alpha value is -10.4. The maximum atomic E-state index is 2.58. The molecule has 0 N–H and O–H groups in total. The normalized spacial score (nSPS) is 11.3. The lowest BCUT2D eigenvalue weighted by atomic mass is 9.99. The smallest absolute Gasteiger partial charge is 0.0463 e. The van der Waals surface area contributed by atoms with E-state index in [0.717, 1.165) is 70.4 Å². The van der Waals surface area contributed by atoms with Crippen molar-refractivity contribution in [2.24, 2.45) is 0 Å². The van der Waals surface area contributed by atoms with E-state index in [-0.39, 0.29) is 0 Å². The van der Waals surface area contributed by atoms with Gasteiger partial charge in [0.2, 0.25) is 0 Å². The van der Waals surface area contributed by atoms with Crippen LogP contribution in [0.15, 0.2) is 358 Å². The number of thiophene rings is 1. The van der Waals surface area contributed by atoms with Crippen LogP contribution in [0.25, 0.3) is 49.7 Å². The van der Waals surface area contributed by atoms with Crippen molar-refractivity contribution in [3.63, 3.8) is 0 Å². The second-order valence-corrected chi connectivity index (χ2v) is 22.8. The number of hydrogen-bond donors (Lipinski definition) is 0. The van der Waals surface area contributed by atoms with Crippen molar-refractivity contribution in [3.05, 3.63) is 374 Å². The topological polar surface area (TPSA) is 9.72 Å². The molecule has 0 saturated carbocycles. The molecule has 448 valence electrons. The van der Waals surface area contributed by atoms with Gasteiger partial charge in [0.15, 0.2) is 0 Å². The van der Waals surface area contributed by atoms with Crippen LogP contribution < -0.4 is 14.7 Å². The minimum absolute atomic E-state index is 1.04. The molecule has 0 aliphatic heterocycles. The molecule has 5 heteroatoms. The molecular weight excluding hydrogens is 1140 g/mol. The van der Waals surface area contributed by atoms with Crippen LogP contribution in [0.5, 0.6) is 0 Å². The van der Waals surface area contributed by atoms with Gasteiger partial charge >= 0.3 is 0 Å². The van der Waals surface area contributed by atoms with Crippen molar-refractivity contribution in [1.82, 2.24) is 0 Å². The van der Waals surface area contributed by atoms with Gasteiger partial charge < -0.3 is 14.7 Å². The highest BCUT2D eigenvalue weighted by molar-refractivity contribution is 7.20. The van der Waals surface area contributed by atoms with Crippen LogP contribution in [0, 0.1) is 0 Å². The lowest BCUT2D eigenvalue weighted by molar-refractivity contribution is 0.824. The summed E-state index contributed by atoms with van der Waals surface area (Å²) in [6.07, 6.45) is 20.2. The third-order valence-corrected chi connectivity index (χ3v) is 16.7. The zero-order valence-corrected chi connectivity index (χ0v) is 54.1. The Labute approximate surface area is 547 Å². The first-order valence-corrected chi connectivity index (χ1v) is 33.0. The number of allylic oxidation sites excluding steroid dienone is 7. The van der Waals surface area contributed by atoms with Crippen LogP contribution >= 0.6 is 20.6 Å². The van der Waals surface area contributed by atoms with Crippen LogP contribution in [0.4, 0.5) is 51.2 Å². The molecule has 12 rings (SSSR count). The Bertz CT molecular complexity index is 4180. The molecule has 0 radical (unpaired) electrons. The third kappa shape index (κ3) is 17.5. The van der Waals surface area contributed by atoms with Crippen molar-refractivity contribution in [2.45, 2.75) is 40.0 Å². The molecule has 0 bridgehead atoms. The highest BCUT2D eigenvalue weighted by Gasteiger charge is 2.18. The van der Waals surface area contributed by atoms with Gasteiger partial charge in [0.1, 0.15) is 0 Å². The average molecular weight is 1220 g/mol. The van der Waals surface area contributed by atoms with Crippen molar-refractivity contribution in [1.29, 1.82) is 0 Å². The Morgan fingerprint density at radius 2 is 0.637 bits per heavy atom. The van der Waals surface area contributed by atoms with Crippen molar-refractivity contribution in [2.75, 3.05) is 14.7 Å². The van der Waals surface area contributed by atoms with Crippen LogP contribution in [-0.4, -0.2) is 0 Å². The van der Waals surface area contributed by atoms with Gasteiger partial charge in [-0.05, 0) is 179 Å². The largest absolute Gasteiger partial charge is 0.311 e. The summed E-state index contributed by atoms with van der Waals surface area (Å²) in [6.45, 7) is 6.25. The third-order valence-electron chi connectivity index (χ3n) is 15.3. The molecule has 91 heavy (non-hydrogen) atoms. The Morgan fingerprint density at radius 1 is 0.319 bits per heavy atom. The predicted molar refractivity (Wildman–Crippen MR) is 402 cm³/mol. The summed E-state index contributed by atoms with van der Waals surface area (Å²) in [5, 5.41) is 0. The van der Waals surface area contributed by atoms with Gasteiger partial charge in [-0.1, -0.05) is 276 Å². The number of nitrogens with zero attached hydrogens (tertiary/aromatic N) is 3. The summed E-state index contributed by atoms with van der Waals surface area (Å²) in [5.74, 6) is 1.94. The number of benzene rings is 11. The van der Waals surface area contributed by atoms with Gasteiger partial charge in [-0.3, -0.25) is 0 Å². The average Bonchev–Trinajstić information content (AvgIpc) is 1.37. The maximum Gasteiger partial charge on any atom is 0.0463 e. The first-order chi connectivity index (χ1) is 45.1. The van der Waals surface area contributed by atoms with Gasteiger partial charge in [-0.25, -0.2) is 0 Å². The molecule has 0 saturated heterocycles. The number of hydrogen-bond acceptors (Lipinski definition) is 4. The van der Waals surface area contributed by atoms with E-state index in [4.69, 9.17) is 0 Å². The maximum absolute atomic E-state index is 2.58.